The maximum absolute atomic E-state index is 14.0. The average molecular weight is 454 g/mol. The van der Waals surface area contributed by atoms with Gasteiger partial charge in [0.15, 0.2) is 11.2 Å². The molecule has 0 saturated carbocycles. The quantitative estimate of drug-likeness (QED) is 0.472. The van der Waals surface area contributed by atoms with Gasteiger partial charge in [0.05, 0.1) is 18.2 Å². The summed E-state index contributed by atoms with van der Waals surface area (Å²) in [6.07, 6.45) is 3.71. The number of nitriles is 2. The first-order valence-corrected chi connectivity index (χ1v) is 10.8. The molecular weight excluding hydrogens is 437 g/mol. The lowest BCUT2D eigenvalue weighted by molar-refractivity contribution is 0.0951. The molecule has 0 aromatic heterocycles. The largest absolute Gasteiger partial charge is 0.351 e. The van der Waals surface area contributed by atoms with Crippen LogP contribution in [0.15, 0.2) is 78.9 Å². The van der Waals surface area contributed by atoms with Gasteiger partial charge in [0.2, 0.25) is 0 Å². The number of carbonyl (C=O) groups excluding carboxylic acids is 1. The molecule has 1 saturated heterocycles. The highest BCUT2D eigenvalue weighted by molar-refractivity contribution is 6.30. The van der Waals surface area contributed by atoms with Crippen molar-refractivity contribution >= 4 is 29.1 Å². The Labute approximate surface area is 195 Å². The summed E-state index contributed by atoms with van der Waals surface area (Å²) in [6, 6.07) is 22.8. The molecule has 160 valence electrons. The predicted octanol–water partition coefficient (Wildman–Crippen LogP) is 5.76. The van der Waals surface area contributed by atoms with Crippen LogP contribution in [-0.2, 0) is 0 Å². The number of rotatable bonds is 3. The van der Waals surface area contributed by atoms with Gasteiger partial charge in [-0.25, -0.2) is 4.39 Å². The number of hydrogen-bond acceptors (Lipinski definition) is 4. The Kier molecular flexibility index (Phi) is 5.01. The fourth-order valence-corrected chi connectivity index (χ4v) is 5.19. The number of carbonyl (C=O) groups is 1. The lowest BCUT2D eigenvalue weighted by Gasteiger charge is -2.35. The Morgan fingerprint density at radius 2 is 1.64 bits per heavy atom. The van der Waals surface area contributed by atoms with Crippen molar-refractivity contribution < 1.29 is 9.18 Å². The molecule has 5 rings (SSSR count). The minimum atomic E-state index is -1.56. The van der Waals surface area contributed by atoms with E-state index in [-0.39, 0.29) is 5.78 Å². The van der Waals surface area contributed by atoms with Crippen LogP contribution in [0.3, 0.4) is 0 Å². The maximum Gasteiger partial charge on any atom is 0.185 e. The molecule has 3 aromatic carbocycles. The standard InChI is InChI=1S/C27H17ClFN3O/c28-20-10-5-19(6-11-20)26(33)25-24(18-7-12-21(29)13-8-18)27(15-30,16-31)23-14-9-17-3-1-2-4-22(17)32(23)25/h1-14,23-25H. The molecule has 3 aromatic rings. The van der Waals surface area contributed by atoms with E-state index in [0.717, 1.165) is 11.3 Å². The number of ketones is 1. The summed E-state index contributed by atoms with van der Waals surface area (Å²) < 4.78 is 13.8. The van der Waals surface area contributed by atoms with E-state index in [1.165, 1.54) is 12.1 Å². The van der Waals surface area contributed by atoms with Crippen LogP contribution in [0.1, 0.15) is 27.4 Å². The zero-order chi connectivity index (χ0) is 23.2. The van der Waals surface area contributed by atoms with Gasteiger partial charge in [0.25, 0.3) is 0 Å². The Balaban J connectivity index is 1.78. The number of benzene rings is 3. The number of fused-ring (bicyclic) bond motifs is 3. The van der Waals surface area contributed by atoms with Crippen LogP contribution in [0, 0.1) is 33.9 Å². The molecule has 0 N–H and O–H groups in total. The van der Waals surface area contributed by atoms with E-state index < -0.39 is 29.2 Å². The molecule has 0 aliphatic carbocycles. The van der Waals surface area contributed by atoms with E-state index in [0.29, 0.717) is 16.1 Å². The van der Waals surface area contributed by atoms with Gasteiger partial charge in [-0.3, -0.25) is 4.79 Å². The molecule has 0 spiro atoms. The first-order chi connectivity index (χ1) is 16.0. The van der Waals surface area contributed by atoms with Gasteiger partial charge < -0.3 is 4.90 Å². The van der Waals surface area contributed by atoms with Crippen LogP contribution in [0.25, 0.3) is 6.08 Å². The van der Waals surface area contributed by atoms with Crippen molar-refractivity contribution in [3.8, 4) is 12.1 Å². The minimum absolute atomic E-state index is 0.233. The molecular formula is C27H17ClFN3O. The van der Waals surface area contributed by atoms with Crippen LogP contribution < -0.4 is 4.90 Å². The Morgan fingerprint density at radius 1 is 0.970 bits per heavy atom. The van der Waals surface area contributed by atoms with Crippen molar-refractivity contribution in [3.63, 3.8) is 0 Å². The van der Waals surface area contributed by atoms with E-state index in [9.17, 15) is 19.7 Å². The highest BCUT2D eigenvalue weighted by atomic mass is 35.5. The molecule has 2 aliphatic rings. The summed E-state index contributed by atoms with van der Waals surface area (Å²) in [5.74, 6) is -1.47. The molecule has 2 aliphatic heterocycles. The number of para-hydroxylation sites is 1. The number of halogens is 2. The number of nitrogens with zero attached hydrogens (tertiary/aromatic N) is 3. The molecule has 1 fully saturated rings. The monoisotopic (exact) mass is 453 g/mol. The van der Waals surface area contributed by atoms with Gasteiger partial charge >= 0.3 is 0 Å². The number of anilines is 1. The normalized spacial score (nSPS) is 22.1. The second kappa shape index (κ2) is 7.89. The van der Waals surface area contributed by atoms with E-state index in [1.807, 2.05) is 41.3 Å². The predicted molar refractivity (Wildman–Crippen MR) is 124 cm³/mol. The summed E-state index contributed by atoms with van der Waals surface area (Å²) in [5, 5.41) is 21.2. The second-order valence-corrected chi connectivity index (χ2v) is 8.64. The van der Waals surface area contributed by atoms with Crippen molar-refractivity contribution in [1.29, 1.82) is 10.5 Å². The minimum Gasteiger partial charge on any atom is -0.351 e. The lowest BCUT2D eigenvalue weighted by Crippen LogP contribution is -2.44. The fraction of sp³-hybridized carbons (Fsp3) is 0.148. The first-order valence-electron chi connectivity index (χ1n) is 10.4. The third kappa shape index (κ3) is 3.13. The van der Waals surface area contributed by atoms with Crippen LogP contribution in [-0.4, -0.2) is 17.9 Å². The Hall–Kier alpha value is -3.93. The molecule has 0 bridgehead atoms. The summed E-state index contributed by atoms with van der Waals surface area (Å²) in [6.45, 7) is 0. The summed E-state index contributed by atoms with van der Waals surface area (Å²) >= 11 is 6.03. The van der Waals surface area contributed by atoms with E-state index in [4.69, 9.17) is 11.6 Å². The topological polar surface area (TPSA) is 67.9 Å². The van der Waals surface area contributed by atoms with Gasteiger partial charge in [-0.15, -0.1) is 0 Å². The summed E-state index contributed by atoms with van der Waals surface area (Å²) in [4.78, 5) is 15.9. The Bertz CT molecular complexity index is 1340. The zero-order valence-electron chi connectivity index (χ0n) is 17.3. The summed E-state index contributed by atoms with van der Waals surface area (Å²) in [7, 11) is 0. The third-order valence-corrected chi connectivity index (χ3v) is 6.79. The number of hydrogen-bond donors (Lipinski definition) is 0. The average Bonchev–Trinajstić information content (AvgIpc) is 3.15. The fourth-order valence-electron chi connectivity index (χ4n) is 5.06. The van der Waals surface area contributed by atoms with Crippen LogP contribution >= 0.6 is 11.6 Å². The SMILES string of the molecule is N#CC1(C#N)C(c2ccc(F)cc2)C(C(=O)c2ccc(Cl)cc2)N2c3ccccc3C=CC21. The molecule has 2 heterocycles. The second-order valence-electron chi connectivity index (χ2n) is 8.21. The lowest BCUT2D eigenvalue weighted by atomic mass is 9.69. The molecule has 0 amide bonds. The van der Waals surface area contributed by atoms with Crippen molar-refractivity contribution in [3.05, 3.63) is 106 Å². The smallest absolute Gasteiger partial charge is 0.185 e. The van der Waals surface area contributed by atoms with Crippen LogP contribution in [0.5, 0.6) is 0 Å². The van der Waals surface area contributed by atoms with Gasteiger partial charge in [0.1, 0.15) is 11.9 Å². The highest BCUT2D eigenvalue weighted by Gasteiger charge is 2.63. The van der Waals surface area contributed by atoms with Crippen LogP contribution in [0.2, 0.25) is 5.02 Å². The van der Waals surface area contributed by atoms with Gasteiger partial charge in [0, 0.05) is 22.2 Å². The third-order valence-electron chi connectivity index (χ3n) is 6.54. The van der Waals surface area contributed by atoms with Crippen molar-refractivity contribution in [1.82, 2.24) is 0 Å². The highest BCUT2D eigenvalue weighted by Crippen LogP contribution is 2.55. The van der Waals surface area contributed by atoms with E-state index in [2.05, 4.69) is 12.1 Å². The van der Waals surface area contributed by atoms with Gasteiger partial charge in [-0.2, -0.15) is 10.5 Å². The van der Waals surface area contributed by atoms with Gasteiger partial charge in [-0.05, 0) is 53.6 Å². The van der Waals surface area contributed by atoms with Crippen molar-refractivity contribution in [2.24, 2.45) is 5.41 Å². The van der Waals surface area contributed by atoms with E-state index >= 15 is 0 Å². The Morgan fingerprint density at radius 3 is 2.30 bits per heavy atom. The molecule has 3 atom stereocenters. The molecule has 6 heteroatoms. The number of Topliss-reactive ketones (excluding diaryl/α,β-unsaturated/α-hetero) is 1. The molecule has 3 unspecified atom stereocenters. The first kappa shape index (κ1) is 20.9. The molecule has 4 nitrogen and oxygen atoms in total. The van der Waals surface area contributed by atoms with Crippen molar-refractivity contribution in [2.75, 3.05) is 4.90 Å². The molecule has 33 heavy (non-hydrogen) atoms. The zero-order valence-corrected chi connectivity index (χ0v) is 18.1. The van der Waals surface area contributed by atoms with Gasteiger partial charge in [-0.1, -0.05) is 54.1 Å². The maximum atomic E-state index is 14.0. The summed E-state index contributed by atoms with van der Waals surface area (Å²) in [5.41, 5.74) is 1.10. The van der Waals surface area contributed by atoms with Crippen molar-refractivity contribution in [2.45, 2.75) is 18.0 Å². The van der Waals surface area contributed by atoms with Crippen LogP contribution in [0.4, 0.5) is 10.1 Å². The molecule has 0 radical (unpaired) electrons. The van der Waals surface area contributed by atoms with E-state index in [1.54, 1.807) is 36.4 Å².